The molecule has 0 atom stereocenters. The fourth-order valence-corrected chi connectivity index (χ4v) is 3.34. The van der Waals surface area contributed by atoms with Crippen LogP contribution in [0.4, 0.5) is 0 Å². The summed E-state index contributed by atoms with van der Waals surface area (Å²) in [5.41, 5.74) is 3.13. The number of nitrogens with zero attached hydrogens (tertiary/aromatic N) is 3. The van der Waals surface area contributed by atoms with E-state index in [-0.39, 0.29) is 5.91 Å². The first-order valence-corrected chi connectivity index (χ1v) is 9.07. The molecule has 0 radical (unpaired) electrons. The predicted molar refractivity (Wildman–Crippen MR) is 97.6 cm³/mol. The molecule has 1 fully saturated rings. The third kappa shape index (κ3) is 4.61. The lowest BCUT2D eigenvalue weighted by molar-refractivity contribution is -0.130. The molecule has 25 heavy (non-hydrogen) atoms. The maximum Gasteiger partial charge on any atom is 0.227 e. The van der Waals surface area contributed by atoms with Gasteiger partial charge in [0, 0.05) is 43.3 Å². The number of aromatic nitrogens is 1. The second-order valence-corrected chi connectivity index (χ2v) is 7.05. The molecule has 2 heterocycles. The van der Waals surface area contributed by atoms with Gasteiger partial charge >= 0.3 is 0 Å². The van der Waals surface area contributed by atoms with Crippen molar-refractivity contribution in [2.45, 2.75) is 33.2 Å². The average molecular weight is 362 g/mol. The topological polar surface area (TPSA) is 49.6 Å². The number of hydrogen-bond donors (Lipinski definition) is 0. The summed E-state index contributed by atoms with van der Waals surface area (Å²) < 4.78 is 5.25. The Bertz CT molecular complexity index is 707. The highest BCUT2D eigenvalue weighted by Gasteiger charge is 2.21. The SMILES string of the molecule is Cc1noc(C)c1CN1CCCN(C(=O)Cc2ccc(Cl)cc2)CC1. The van der Waals surface area contributed by atoms with Gasteiger partial charge in [0.2, 0.25) is 5.91 Å². The van der Waals surface area contributed by atoms with Gasteiger partial charge in [-0.05, 0) is 38.0 Å². The quantitative estimate of drug-likeness (QED) is 0.839. The number of aryl methyl sites for hydroxylation is 2. The van der Waals surface area contributed by atoms with Gasteiger partial charge in [-0.3, -0.25) is 9.69 Å². The Kier molecular flexibility index (Phi) is 5.76. The van der Waals surface area contributed by atoms with E-state index in [2.05, 4.69) is 10.1 Å². The molecule has 0 N–H and O–H groups in total. The van der Waals surface area contributed by atoms with Gasteiger partial charge in [0.05, 0.1) is 12.1 Å². The molecule has 6 heteroatoms. The van der Waals surface area contributed by atoms with Crippen molar-refractivity contribution in [2.24, 2.45) is 0 Å². The molecule has 0 saturated carbocycles. The van der Waals surface area contributed by atoms with Gasteiger partial charge in [-0.15, -0.1) is 0 Å². The number of halogens is 1. The fourth-order valence-electron chi connectivity index (χ4n) is 3.22. The van der Waals surface area contributed by atoms with E-state index in [0.717, 1.165) is 56.2 Å². The number of carbonyl (C=O) groups is 1. The molecule has 1 aromatic heterocycles. The lowest BCUT2D eigenvalue weighted by Crippen LogP contribution is -2.36. The van der Waals surface area contributed by atoms with Crippen LogP contribution in [0.25, 0.3) is 0 Å². The molecule has 134 valence electrons. The largest absolute Gasteiger partial charge is 0.361 e. The van der Waals surface area contributed by atoms with Gasteiger partial charge in [0.25, 0.3) is 0 Å². The van der Waals surface area contributed by atoms with E-state index in [1.807, 2.05) is 43.0 Å². The third-order valence-electron chi connectivity index (χ3n) is 4.77. The highest BCUT2D eigenvalue weighted by Crippen LogP contribution is 2.17. The van der Waals surface area contributed by atoms with Crippen LogP contribution in [0.1, 0.15) is 29.0 Å². The molecule has 1 aliphatic rings. The van der Waals surface area contributed by atoms with Crippen LogP contribution in [0, 0.1) is 13.8 Å². The van der Waals surface area contributed by atoms with E-state index in [1.165, 1.54) is 5.56 Å². The van der Waals surface area contributed by atoms with Crippen molar-refractivity contribution in [3.63, 3.8) is 0 Å². The monoisotopic (exact) mass is 361 g/mol. The second-order valence-electron chi connectivity index (χ2n) is 6.62. The van der Waals surface area contributed by atoms with E-state index in [4.69, 9.17) is 16.1 Å². The van der Waals surface area contributed by atoms with Gasteiger partial charge in [-0.25, -0.2) is 0 Å². The Morgan fingerprint density at radius 3 is 2.60 bits per heavy atom. The molecule has 1 aliphatic heterocycles. The second kappa shape index (κ2) is 8.02. The van der Waals surface area contributed by atoms with Crippen molar-refractivity contribution < 1.29 is 9.32 Å². The highest BCUT2D eigenvalue weighted by molar-refractivity contribution is 6.30. The summed E-state index contributed by atoms with van der Waals surface area (Å²) >= 11 is 5.90. The summed E-state index contributed by atoms with van der Waals surface area (Å²) in [7, 11) is 0. The van der Waals surface area contributed by atoms with Crippen molar-refractivity contribution >= 4 is 17.5 Å². The van der Waals surface area contributed by atoms with Crippen LogP contribution in [-0.2, 0) is 17.8 Å². The summed E-state index contributed by atoms with van der Waals surface area (Å²) in [4.78, 5) is 16.9. The third-order valence-corrected chi connectivity index (χ3v) is 5.02. The number of carbonyl (C=O) groups excluding carboxylic acids is 1. The zero-order chi connectivity index (χ0) is 17.8. The first kappa shape index (κ1) is 18.0. The maximum atomic E-state index is 12.6. The number of benzene rings is 1. The summed E-state index contributed by atoms with van der Waals surface area (Å²) in [5.74, 6) is 1.07. The number of amides is 1. The van der Waals surface area contributed by atoms with Crippen LogP contribution in [0.5, 0.6) is 0 Å². The van der Waals surface area contributed by atoms with E-state index < -0.39 is 0 Å². The Labute approximate surface area is 153 Å². The van der Waals surface area contributed by atoms with Gasteiger partial charge in [-0.1, -0.05) is 28.9 Å². The van der Waals surface area contributed by atoms with Crippen LogP contribution in [-0.4, -0.2) is 47.0 Å². The summed E-state index contributed by atoms with van der Waals surface area (Å²) in [6.45, 7) is 8.19. The minimum absolute atomic E-state index is 0.182. The number of hydrogen-bond acceptors (Lipinski definition) is 4. The van der Waals surface area contributed by atoms with Crippen molar-refractivity contribution in [1.29, 1.82) is 0 Å². The van der Waals surface area contributed by atoms with Crippen LogP contribution < -0.4 is 0 Å². The molecule has 0 spiro atoms. The molecular weight excluding hydrogens is 338 g/mol. The summed E-state index contributed by atoms with van der Waals surface area (Å²) in [5, 5.41) is 4.72. The van der Waals surface area contributed by atoms with Gasteiger partial charge in [0.1, 0.15) is 5.76 Å². The van der Waals surface area contributed by atoms with Gasteiger partial charge in [-0.2, -0.15) is 0 Å². The predicted octanol–water partition coefficient (Wildman–Crippen LogP) is 3.22. The van der Waals surface area contributed by atoms with Crippen LogP contribution in [0.15, 0.2) is 28.8 Å². The zero-order valence-corrected chi connectivity index (χ0v) is 15.6. The van der Waals surface area contributed by atoms with Crippen LogP contribution >= 0.6 is 11.6 Å². The molecule has 1 aromatic carbocycles. The van der Waals surface area contributed by atoms with Crippen LogP contribution in [0.3, 0.4) is 0 Å². The molecule has 1 amide bonds. The van der Waals surface area contributed by atoms with Crippen molar-refractivity contribution in [1.82, 2.24) is 15.0 Å². The summed E-state index contributed by atoms with van der Waals surface area (Å²) in [6.07, 6.45) is 1.41. The van der Waals surface area contributed by atoms with Crippen LogP contribution in [0.2, 0.25) is 5.02 Å². The van der Waals surface area contributed by atoms with E-state index in [1.54, 1.807) is 0 Å². The van der Waals surface area contributed by atoms with Crippen molar-refractivity contribution in [3.8, 4) is 0 Å². The molecule has 3 rings (SSSR count). The molecule has 1 saturated heterocycles. The highest BCUT2D eigenvalue weighted by atomic mass is 35.5. The molecular formula is C19H24ClN3O2. The number of rotatable bonds is 4. The van der Waals surface area contributed by atoms with Crippen molar-refractivity contribution in [3.05, 3.63) is 51.9 Å². The van der Waals surface area contributed by atoms with E-state index >= 15 is 0 Å². The minimum Gasteiger partial charge on any atom is -0.361 e. The first-order chi connectivity index (χ1) is 12.0. The smallest absolute Gasteiger partial charge is 0.227 e. The van der Waals surface area contributed by atoms with Gasteiger partial charge in [0.15, 0.2) is 0 Å². The van der Waals surface area contributed by atoms with E-state index in [9.17, 15) is 4.79 Å². The maximum absolute atomic E-state index is 12.6. The normalized spacial score (nSPS) is 16.0. The Hall–Kier alpha value is -1.85. The Balaban J connectivity index is 1.55. The van der Waals surface area contributed by atoms with E-state index in [0.29, 0.717) is 11.4 Å². The Morgan fingerprint density at radius 1 is 1.16 bits per heavy atom. The summed E-state index contributed by atoms with van der Waals surface area (Å²) in [6, 6.07) is 7.50. The zero-order valence-electron chi connectivity index (χ0n) is 14.8. The lowest BCUT2D eigenvalue weighted by atomic mass is 10.1. The van der Waals surface area contributed by atoms with Crippen molar-refractivity contribution in [2.75, 3.05) is 26.2 Å². The molecule has 0 unspecified atom stereocenters. The molecule has 2 aromatic rings. The molecule has 5 nitrogen and oxygen atoms in total. The molecule has 0 aliphatic carbocycles. The minimum atomic E-state index is 0.182. The standard InChI is InChI=1S/C19H24ClN3O2/c1-14-18(15(2)25-21-14)13-22-8-3-9-23(11-10-22)19(24)12-16-4-6-17(20)7-5-16/h4-7H,3,8-13H2,1-2H3. The first-order valence-electron chi connectivity index (χ1n) is 8.69. The van der Waals surface area contributed by atoms with Gasteiger partial charge < -0.3 is 9.42 Å². The molecule has 0 bridgehead atoms. The average Bonchev–Trinajstić information content (AvgIpc) is 2.79. The Morgan fingerprint density at radius 2 is 1.92 bits per heavy atom. The lowest BCUT2D eigenvalue weighted by Gasteiger charge is -2.22. The fraction of sp³-hybridized carbons (Fsp3) is 0.474.